The number of aliphatic hydroxyl groups is 2. The van der Waals surface area contributed by atoms with E-state index in [0.29, 0.717) is 45.3 Å². The molecule has 0 aliphatic carbocycles. The highest BCUT2D eigenvalue weighted by atomic mass is 16.5. The molecule has 3 aliphatic rings. The molecule has 0 fully saturated rings. The summed E-state index contributed by atoms with van der Waals surface area (Å²) in [7, 11) is 7.31. The fraction of sp³-hybridized carbons (Fsp3) is 0.355. The SMILES string of the molecule is COc1cc(N(C)CCCCCCO)ccc1/C=C/C1=CC(=C(/C=C/C2=C(C#N)C(=C(C#N)C#N)OC2(C)C)/C=C/C2=C(C#N)C(=C(C#N)C#N)OC2(C)C)C=C(/C=C/c2ccc(N(C)CCCCCCO)cc2OC)O1. The Balaban J connectivity index is 1.72. The average Bonchev–Trinajstić information content (AvgIpc) is 3.90. The first kappa shape index (κ1) is 58.9. The van der Waals surface area contributed by atoms with Crippen molar-refractivity contribution in [3.63, 3.8) is 0 Å². The molecule has 2 aromatic rings. The highest BCUT2D eigenvalue weighted by Crippen LogP contribution is 2.43. The van der Waals surface area contributed by atoms with Gasteiger partial charge >= 0.3 is 0 Å². The molecule has 0 saturated carbocycles. The summed E-state index contributed by atoms with van der Waals surface area (Å²) in [5.41, 5.74) is 2.53. The van der Waals surface area contributed by atoms with Gasteiger partial charge in [-0.25, -0.2) is 0 Å². The number of hydrogen-bond donors (Lipinski definition) is 2. The summed E-state index contributed by atoms with van der Waals surface area (Å²) in [6.07, 6.45) is 25.5. The topological polar surface area (TPSA) is 236 Å². The number of anilines is 2. The molecule has 0 bridgehead atoms. The van der Waals surface area contributed by atoms with Gasteiger partial charge in [-0.1, -0.05) is 50.0 Å². The van der Waals surface area contributed by atoms with Crippen LogP contribution in [0.4, 0.5) is 11.4 Å². The van der Waals surface area contributed by atoms with Crippen LogP contribution < -0.4 is 19.3 Å². The average molecular weight is 1040 g/mol. The number of methoxy groups -OCH3 is 2. The van der Waals surface area contributed by atoms with Crippen LogP contribution in [0, 0.1) is 68.0 Å². The van der Waals surface area contributed by atoms with Crippen molar-refractivity contribution in [2.24, 2.45) is 0 Å². The van der Waals surface area contributed by atoms with Crippen LogP contribution in [0.3, 0.4) is 0 Å². The van der Waals surface area contributed by atoms with Crippen LogP contribution in [0.15, 0.2) is 153 Å². The molecule has 2 N–H and O–H groups in total. The number of aliphatic hydroxyl groups excluding tert-OH is 2. The van der Waals surface area contributed by atoms with Crippen molar-refractivity contribution in [3.05, 3.63) is 164 Å². The molecule has 0 aromatic heterocycles. The van der Waals surface area contributed by atoms with E-state index in [1.54, 1.807) is 66.2 Å². The summed E-state index contributed by atoms with van der Waals surface area (Å²) >= 11 is 0. The van der Waals surface area contributed by atoms with Crippen molar-refractivity contribution in [1.29, 1.82) is 31.6 Å². The number of unbranched alkanes of at least 4 members (excludes halogenated alkanes) is 6. The molecule has 3 aliphatic heterocycles. The van der Waals surface area contributed by atoms with Gasteiger partial charge in [0.2, 0.25) is 0 Å². The van der Waals surface area contributed by atoms with Gasteiger partial charge in [0.1, 0.15) is 81.8 Å². The smallest absolute Gasteiger partial charge is 0.172 e. The van der Waals surface area contributed by atoms with Crippen molar-refractivity contribution in [3.8, 4) is 47.9 Å². The van der Waals surface area contributed by atoms with E-state index >= 15 is 0 Å². The number of nitrogens with zero attached hydrogens (tertiary/aromatic N) is 8. The van der Waals surface area contributed by atoms with Crippen molar-refractivity contribution < 1.29 is 33.9 Å². The number of rotatable bonds is 24. The second-order valence-corrected chi connectivity index (χ2v) is 19.3. The van der Waals surface area contributed by atoms with Gasteiger partial charge in [-0.05, 0) is 125 Å². The van der Waals surface area contributed by atoms with E-state index in [0.717, 1.165) is 87.0 Å². The number of allylic oxidation sites excluding steroid dienone is 12. The van der Waals surface area contributed by atoms with Gasteiger partial charge in [-0.15, -0.1) is 0 Å². The standard InChI is InChI=1S/C62H66N8O7/c1-61(2)55(53(41-67)59(76-61)47(37-63)38-64)27-21-43(22-28-56-54(42-68)60(48(39-65)40-66)77-62(56,3)4)46-33-51(25-19-44-17-23-49(35-57(44)73-7)69(5)29-13-9-11-15-31-71)75-52(34-46)26-20-45-18-24-50(36-58(45)74-8)70(6)30-14-10-12-16-32-72/h17-28,33-36,71-72H,9-16,29-32H2,1-8H3/b25-19+,26-20+,27-21+,28-22+. The number of hydrogen-bond acceptors (Lipinski definition) is 15. The summed E-state index contributed by atoms with van der Waals surface area (Å²) in [5, 5.41) is 78.3. The maximum Gasteiger partial charge on any atom is 0.172 e. The van der Waals surface area contributed by atoms with Gasteiger partial charge in [0.05, 0.1) is 14.2 Å². The third-order valence-electron chi connectivity index (χ3n) is 13.1. The zero-order valence-electron chi connectivity index (χ0n) is 45.2. The Bertz CT molecular complexity index is 2930. The fourth-order valence-electron chi connectivity index (χ4n) is 8.81. The molecule has 77 heavy (non-hydrogen) atoms. The first-order chi connectivity index (χ1) is 37.1. The Kier molecular flexibility index (Phi) is 21.5. The zero-order chi connectivity index (χ0) is 56.1. The Hall–Kier alpha value is -8.96. The van der Waals surface area contributed by atoms with Crippen LogP contribution in [0.2, 0.25) is 0 Å². The minimum Gasteiger partial charge on any atom is -0.496 e. The lowest BCUT2D eigenvalue weighted by atomic mass is 9.91. The van der Waals surface area contributed by atoms with Crippen LogP contribution in [-0.2, 0) is 14.2 Å². The van der Waals surface area contributed by atoms with E-state index in [4.69, 9.17) is 23.7 Å². The second-order valence-electron chi connectivity index (χ2n) is 19.3. The maximum atomic E-state index is 10.4. The maximum absolute atomic E-state index is 10.4. The summed E-state index contributed by atoms with van der Waals surface area (Å²) in [6.45, 7) is 8.97. The molecule has 0 amide bonds. The minimum absolute atomic E-state index is 0.0199. The Morgan fingerprint density at radius 3 is 1.30 bits per heavy atom. The third-order valence-corrected chi connectivity index (χ3v) is 13.1. The molecule has 15 heteroatoms. The van der Waals surface area contributed by atoms with Crippen molar-refractivity contribution >= 4 is 23.5 Å². The molecular weight excluding hydrogens is 969 g/mol. The Morgan fingerprint density at radius 1 is 0.558 bits per heavy atom. The molecule has 396 valence electrons. The zero-order valence-corrected chi connectivity index (χ0v) is 45.2. The molecule has 0 radical (unpaired) electrons. The third kappa shape index (κ3) is 15.1. The van der Waals surface area contributed by atoms with Crippen molar-refractivity contribution in [2.45, 2.75) is 90.3 Å². The summed E-state index contributed by atoms with van der Waals surface area (Å²) < 4.78 is 30.6. The number of nitriles is 6. The van der Waals surface area contributed by atoms with Crippen LogP contribution in [0.1, 0.15) is 90.2 Å². The minimum atomic E-state index is -1.14. The molecule has 0 atom stereocenters. The van der Waals surface area contributed by atoms with Crippen molar-refractivity contribution in [1.82, 2.24) is 0 Å². The van der Waals surface area contributed by atoms with Crippen LogP contribution in [0.25, 0.3) is 12.2 Å². The normalized spacial score (nSPS) is 15.5. The lowest BCUT2D eigenvalue weighted by Gasteiger charge is -2.21. The molecule has 5 rings (SSSR count). The van der Waals surface area contributed by atoms with Gasteiger partial charge in [0.25, 0.3) is 0 Å². The molecule has 0 saturated heterocycles. The largest absolute Gasteiger partial charge is 0.496 e. The van der Waals surface area contributed by atoms with E-state index in [2.05, 4.69) is 21.9 Å². The second kappa shape index (κ2) is 28.1. The highest BCUT2D eigenvalue weighted by molar-refractivity contribution is 5.69. The number of ether oxygens (including phenoxy) is 5. The molecule has 0 unspecified atom stereocenters. The molecule has 15 nitrogen and oxygen atoms in total. The van der Waals surface area contributed by atoms with E-state index in [9.17, 15) is 41.8 Å². The van der Waals surface area contributed by atoms with Gasteiger partial charge < -0.3 is 43.7 Å². The van der Waals surface area contributed by atoms with E-state index in [1.807, 2.05) is 111 Å². The lowest BCUT2D eigenvalue weighted by molar-refractivity contribution is 0.0950. The van der Waals surface area contributed by atoms with Gasteiger partial charge in [0, 0.05) is 86.2 Å². The van der Waals surface area contributed by atoms with E-state index in [1.165, 1.54) is 0 Å². The lowest BCUT2D eigenvalue weighted by Crippen LogP contribution is -2.21. The predicted octanol–water partition coefficient (Wildman–Crippen LogP) is 11.5. The first-order valence-electron chi connectivity index (χ1n) is 25.4. The highest BCUT2D eigenvalue weighted by Gasteiger charge is 2.40. The van der Waals surface area contributed by atoms with Gasteiger partial charge in [-0.3, -0.25) is 0 Å². The van der Waals surface area contributed by atoms with Crippen LogP contribution >= 0.6 is 0 Å². The van der Waals surface area contributed by atoms with Gasteiger partial charge in [0.15, 0.2) is 22.7 Å². The molecule has 2 aromatic carbocycles. The summed E-state index contributed by atoms with van der Waals surface area (Å²) in [5.74, 6) is 1.89. The number of benzene rings is 2. The quantitative estimate of drug-likeness (QED) is 0.0734. The first-order valence-corrected chi connectivity index (χ1v) is 25.4. The van der Waals surface area contributed by atoms with Gasteiger partial charge in [-0.2, -0.15) is 31.6 Å². The Morgan fingerprint density at radius 2 is 0.948 bits per heavy atom. The van der Waals surface area contributed by atoms with Crippen molar-refractivity contribution in [2.75, 3.05) is 64.4 Å². The predicted molar refractivity (Wildman–Crippen MR) is 296 cm³/mol. The van der Waals surface area contributed by atoms with E-state index < -0.39 is 11.2 Å². The summed E-state index contributed by atoms with van der Waals surface area (Å²) in [6, 6.07) is 23.6. The molecular formula is C62H66N8O7. The molecule has 3 heterocycles. The van der Waals surface area contributed by atoms with Crippen LogP contribution in [-0.4, -0.2) is 76.0 Å². The fourth-order valence-corrected chi connectivity index (χ4v) is 8.81. The molecule has 0 spiro atoms. The summed E-state index contributed by atoms with van der Waals surface area (Å²) in [4.78, 5) is 4.34. The monoisotopic (exact) mass is 1030 g/mol. The Labute approximate surface area is 453 Å². The van der Waals surface area contributed by atoms with E-state index in [-0.39, 0.29) is 47.0 Å². The van der Waals surface area contributed by atoms with Crippen LogP contribution in [0.5, 0.6) is 11.5 Å².